The molecule has 0 aliphatic heterocycles. The maximum Gasteiger partial charge on any atom is 0.316 e. The van der Waals surface area contributed by atoms with E-state index in [-0.39, 0.29) is 31.6 Å². The van der Waals surface area contributed by atoms with Crippen molar-refractivity contribution in [2.45, 2.75) is 27.7 Å². The van der Waals surface area contributed by atoms with Crippen LogP contribution >= 0.6 is 11.3 Å². The number of pyridine rings is 1. The molecule has 0 bridgehead atoms. The summed E-state index contributed by atoms with van der Waals surface area (Å²) in [6, 6.07) is 15.7. The zero-order chi connectivity index (χ0) is 17.7. The average Bonchev–Trinajstić information content (AvgIpc) is 2.93. The second kappa shape index (κ2) is 9.62. The van der Waals surface area contributed by atoms with E-state index in [1.54, 1.807) is 11.3 Å². The maximum atomic E-state index is 8.40. The second-order valence-corrected chi connectivity index (χ2v) is 6.86. The molecule has 2 heterocycles. The number of allylic oxidation sites excluding steroid dienone is 2. The monoisotopic (exact) mass is 532 g/mol. The van der Waals surface area contributed by atoms with Gasteiger partial charge in [0, 0.05) is 25.5 Å². The van der Waals surface area contributed by atoms with Gasteiger partial charge in [0.15, 0.2) is 0 Å². The molecule has 0 saturated heterocycles. The van der Waals surface area contributed by atoms with Gasteiger partial charge >= 0.3 is 5.78 Å². The van der Waals surface area contributed by atoms with Crippen molar-refractivity contribution in [3.8, 4) is 10.6 Å². The molecule has 1 aromatic carbocycles. The number of ketones is 1. The Morgan fingerprint density at radius 2 is 1.92 bits per heavy atom. The van der Waals surface area contributed by atoms with Crippen molar-refractivity contribution in [3.63, 3.8) is 0 Å². The number of aliphatic hydroxyl groups excluding tert-OH is 1. The van der Waals surface area contributed by atoms with Crippen LogP contribution in [0.3, 0.4) is 0 Å². The number of fused-ring (bicyclic) bond motifs is 1. The smallest absolute Gasteiger partial charge is 0.316 e. The van der Waals surface area contributed by atoms with Crippen LogP contribution in [0.2, 0.25) is 0 Å². The number of carbonyl (C=O) groups excluding carboxylic acids is 1. The summed E-state index contributed by atoms with van der Waals surface area (Å²) in [7, 11) is 0. The molecule has 0 unspecified atom stereocenters. The first kappa shape index (κ1) is 21.2. The summed E-state index contributed by atoms with van der Waals surface area (Å²) >= 11 is 1.74. The van der Waals surface area contributed by atoms with E-state index < -0.39 is 0 Å². The Balaban J connectivity index is 0.000000339. The number of benzene rings is 1. The molecule has 0 saturated carbocycles. The van der Waals surface area contributed by atoms with Gasteiger partial charge in [-0.25, -0.2) is 11.3 Å². The summed E-state index contributed by atoms with van der Waals surface area (Å²) in [4.78, 5) is 15.5. The van der Waals surface area contributed by atoms with Crippen LogP contribution in [-0.4, -0.2) is 20.7 Å². The van der Waals surface area contributed by atoms with Gasteiger partial charge in [-0.3, -0.25) is 4.79 Å². The van der Waals surface area contributed by atoms with Gasteiger partial charge in [-0.05, 0) is 25.6 Å². The third kappa shape index (κ3) is 6.20. The predicted octanol–water partition coefficient (Wildman–Crippen LogP) is 5.39. The van der Waals surface area contributed by atoms with Crippen LogP contribution in [0.5, 0.6) is 0 Å². The summed E-state index contributed by atoms with van der Waals surface area (Å²) in [5, 5.41) is 9.63. The van der Waals surface area contributed by atoms with Crippen LogP contribution in [0.4, 0.5) is 0 Å². The largest absolute Gasteiger partial charge is 0.512 e. The van der Waals surface area contributed by atoms with Crippen LogP contribution < -0.4 is 0 Å². The normalized spacial score (nSPS) is 10.6. The van der Waals surface area contributed by atoms with Crippen LogP contribution in [0.15, 0.2) is 48.2 Å². The van der Waals surface area contributed by atoms with Gasteiger partial charge in [-0.1, -0.05) is 46.5 Å². The van der Waals surface area contributed by atoms with Crippen molar-refractivity contribution < 1.29 is 30.0 Å². The summed E-state index contributed by atoms with van der Waals surface area (Å²) in [5.41, 5.74) is 3.35. The molecular formula is C20H21IrNO2S. The Morgan fingerprint density at radius 3 is 2.44 bits per heavy atom. The van der Waals surface area contributed by atoms with Crippen LogP contribution in [0.1, 0.15) is 24.3 Å². The van der Waals surface area contributed by atoms with Gasteiger partial charge in [0.2, 0.25) is 0 Å². The molecule has 0 aliphatic rings. The van der Waals surface area contributed by atoms with Crippen LogP contribution in [-0.2, 0) is 20.1 Å². The molecule has 0 fully saturated rings. The van der Waals surface area contributed by atoms with Crippen LogP contribution in [0, 0.1) is 19.9 Å². The molecule has 0 atom stereocenters. The number of aliphatic hydroxyl groups is 1. The first-order chi connectivity index (χ1) is 11.4. The Morgan fingerprint density at radius 1 is 1.24 bits per heavy atom. The molecule has 2 N–H and O–H groups in total. The molecular weight excluding hydrogens is 511 g/mol. The molecule has 0 aliphatic carbocycles. The number of thiophene rings is 1. The topological polar surface area (TPSA) is 54.5 Å². The summed E-state index contributed by atoms with van der Waals surface area (Å²) in [6.07, 6.45) is 1.28. The van der Waals surface area contributed by atoms with Crippen molar-refractivity contribution in [1.29, 1.82) is 0 Å². The van der Waals surface area contributed by atoms with E-state index in [9.17, 15) is 0 Å². The summed E-state index contributed by atoms with van der Waals surface area (Å²) < 4.78 is 0. The van der Waals surface area contributed by atoms with Gasteiger partial charge in [0.25, 0.3) is 0 Å². The van der Waals surface area contributed by atoms with Crippen LogP contribution in [0.25, 0.3) is 21.5 Å². The fourth-order valence-corrected chi connectivity index (χ4v) is 3.05. The number of nitrogens with zero attached hydrogens (tertiary/aromatic N) is 1. The standard InChI is InChI=1S/C15H12NS.C5H8O2.Ir/c1-10-9-14(15-8-7-11(2)17-15)16-13-6-4-3-5-12(10)13;1-4(6)3-5(2)7;/h3-7,9H,1-2H3;3,6H,1-2H3;/q-1;;/p+1. The third-order valence-corrected chi connectivity index (χ3v) is 4.21. The zero-order valence-corrected chi connectivity index (χ0v) is 17.8. The third-order valence-electron chi connectivity index (χ3n) is 3.24. The molecule has 3 rings (SSSR count). The van der Waals surface area contributed by atoms with Gasteiger partial charge in [-0.2, -0.15) is 12.1 Å². The quantitative estimate of drug-likeness (QED) is 0.209. The van der Waals surface area contributed by atoms with E-state index in [1.165, 1.54) is 35.8 Å². The molecule has 3 nitrogen and oxygen atoms in total. The van der Waals surface area contributed by atoms with E-state index in [0.29, 0.717) is 0 Å². The zero-order valence-electron chi connectivity index (χ0n) is 14.6. The first-order valence-electron chi connectivity index (χ1n) is 7.61. The van der Waals surface area contributed by atoms with Gasteiger partial charge in [-0.15, -0.1) is 0 Å². The van der Waals surface area contributed by atoms with E-state index in [2.05, 4.69) is 44.2 Å². The SMILES string of the molecule is CC(=[OH+])C=C(C)O.Cc1c[c-]c(-c2cc(C)c3ccccc3n2)s1.[Ir]. The Kier molecular flexibility index (Phi) is 8.17. The van der Waals surface area contributed by atoms with Gasteiger partial charge < -0.3 is 10.1 Å². The number of para-hydroxylation sites is 1. The van der Waals surface area contributed by atoms with Crippen molar-refractivity contribution >= 4 is 28.0 Å². The molecule has 5 heteroatoms. The predicted molar refractivity (Wildman–Crippen MR) is 102 cm³/mol. The minimum absolute atomic E-state index is 0. The minimum atomic E-state index is 0. The molecule has 133 valence electrons. The van der Waals surface area contributed by atoms with E-state index in [4.69, 9.17) is 14.9 Å². The Hall–Kier alpha value is -1.81. The number of hydrogen-bond donors (Lipinski definition) is 1. The molecule has 0 spiro atoms. The van der Waals surface area contributed by atoms with E-state index in [1.807, 2.05) is 12.1 Å². The fourth-order valence-electron chi connectivity index (χ4n) is 2.28. The molecule has 3 aromatic rings. The Labute approximate surface area is 165 Å². The Bertz CT molecular complexity index is 896. The molecule has 1 radical (unpaired) electrons. The van der Waals surface area contributed by atoms with E-state index >= 15 is 0 Å². The number of rotatable bonds is 2. The minimum Gasteiger partial charge on any atom is -0.512 e. The summed E-state index contributed by atoms with van der Waals surface area (Å²) in [6.45, 7) is 7.23. The van der Waals surface area contributed by atoms with Crippen molar-refractivity contribution in [2.75, 3.05) is 0 Å². The molecule has 2 aromatic heterocycles. The van der Waals surface area contributed by atoms with Crippen molar-refractivity contribution in [2.24, 2.45) is 0 Å². The van der Waals surface area contributed by atoms with Crippen molar-refractivity contribution in [3.05, 3.63) is 64.7 Å². The maximum absolute atomic E-state index is 8.40. The average molecular weight is 532 g/mol. The van der Waals surface area contributed by atoms with Crippen molar-refractivity contribution in [1.82, 2.24) is 4.98 Å². The molecule has 0 amide bonds. The summed E-state index contributed by atoms with van der Waals surface area (Å²) in [5.74, 6) is 0.250. The van der Waals surface area contributed by atoms with E-state index in [0.717, 1.165) is 16.1 Å². The van der Waals surface area contributed by atoms with Gasteiger partial charge in [0.05, 0.1) is 24.3 Å². The van der Waals surface area contributed by atoms with Gasteiger partial charge in [0.1, 0.15) is 0 Å². The first-order valence-corrected chi connectivity index (χ1v) is 8.43. The number of aromatic nitrogens is 1. The fraction of sp³-hybridized carbons (Fsp3) is 0.200. The number of hydrogen-bond acceptors (Lipinski definition) is 3. The number of aryl methyl sites for hydroxylation is 2. The second-order valence-electron chi connectivity index (χ2n) is 5.60. The molecule has 25 heavy (non-hydrogen) atoms.